The highest BCUT2D eigenvalue weighted by atomic mass is 32.2. The number of nitrogens with zero attached hydrogens (tertiary/aromatic N) is 2. The van der Waals surface area contributed by atoms with Gasteiger partial charge in [0.2, 0.25) is 21.8 Å². The summed E-state index contributed by atoms with van der Waals surface area (Å²) in [6.45, 7) is 3.81. The molecule has 0 spiro atoms. The van der Waals surface area contributed by atoms with E-state index in [0.717, 1.165) is 18.2 Å². The molecule has 2 saturated carbocycles. The number of alkyl carbamates (subject to hydrolysis) is 1. The molecule has 8 rings (SSSR count). The number of furan rings is 1. The minimum absolute atomic E-state index is 0.0540. The molecule has 3 fully saturated rings. The summed E-state index contributed by atoms with van der Waals surface area (Å²) in [5.74, 6) is -2.80. The Kier molecular flexibility index (Phi) is 10.3. The molecule has 2 aliphatic carbocycles. The fourth-order valence-corrected chi connectivity index (χ4v) is 9.25. The molecule has 0 bridgehead atoms. The minimum atomic E-state index is -3.93. The Morgan fingerprint density at radius 2 is 1.89 bits per heavy atom. The molecule has 4 amide bonds. The van der Waals surface area contributed by atoms with E-state index in [0.29, 0.717) is 47.7 Å². The maximum Gasteiger partial charge on any atom is 0.407 e. The molecule has 4 aliphatic rings. The number of fused-ring (bicyclic) bond motifs is 6. The molecular weight excluding hydrogens is 758 g/mol. The van der Waals surface area contributed by atoms with E-state index < -0.39 is 74.5 Å². The van der Waals surface area contributed by atoms with Crippen molar-refractivity contribution in [3.63, 3.8) is 0 Å². The molecule has 0 unspecified atom stereocenters. The third-order valence-corrected chi connectivity index (χ3v) is 13.0. The number of aromatic nitrogens is 1. The average Bonchev–Trinajstić information content (AvgIpc) is 4.08. The molecule has 1 saturated heterocycles. The van der Waals surface area contributed by atoms with E-state index in [1.807, 2.05) is 44.2 Å². The lowest BCUT2D eigenvalue weighted by atomic mass is 10.0. The summed E-state index contributed by atoms with van der Waals surface area (Å²) in [5.41, 5.74) is 0.182. The summed E-state index contributed by atoms with van der Waals surface area (Å²) in [6.07, 6.45) is 6.21. The van der Waals surface area contributed by atoms with Crippen LogP contribution in [0.1, 0.15) is 71.6 Å². The summed E-state index contributed by atoms with van der Waals surface area (Å²) >= 11 is 0. The summed E-state index contributed by atoms with van der Waals surface area (Å²) < 4.78 is 61.0. The van der Waals surface area contributed by atoms with Crippen LogP contribution in [0.3, 0.4) is 0 Å². The number of hydrogen-bond acceptors (Lipinski definition) is 10. The van der Waals surface area contributed by atoms with Crippen LogP contribution in [0.25, 0.3) is 33.0 Å². The van der Waals surface area contributed by atoms with E-state index in [1.54, 1.807) is 6.07 Å². The van der Waals surface area contributed by atoms with E-state index in [4.69, 9.17) is 18.9 Å². The van der Waals surface area contributed by atoms with Gasteiger partial charge in [-0.25, -0.2) is 22.6 Å². The van der Waals surface area contributed by atoms with Crippen molar-refractivity contribution >= 4 is 66.8 Å². The summed E-state index contributed by atoms with van der Waals surface area (Å²) in [7, 11) is -3.93. The van der Waals surface area contributed by atoms with E-state index in [1.165, 1.54) is 23.1 Å². The standard InChI is InChI=1S/C41H46FN5O9S/c1-23(2)22-54-40(51)44-31-12-7-5-3-4-6-10-24-20-41(24,39(50)46-57(52,53)27-15-16-27)45-37(48)32-19-26(21-47(32)38(31)49)55-35-29-18-25(42)14-17-30(29)43-34-28-11-8-9-13-33(28)56-36(34)35/h6,8-11,13-14,17-18,23-24,26-27,31-32H,3-5,7,12,15-16,19-22H2,1-2H3,(H,44,51)(H,45,48)(H,46,50)/b10-6-/t24-,26+,31-,32-,41+/m0/s1. The molecule has 16 heteroatoms. The van der Waals surface area contributed by atoms with Gasteiger partial charge in [0.1, 0.15) is 40.6 Å². The van der Waals surface area contributed by atoms with Crippen LogP contribution in [0.2, 0.25) is 0 Å². The van der Waals surface area contributed by atoms with Gasteiger partial charge in [0.25, 0.3) is 5.91 Å². The summed E-state index contributed by atoms with van der Waals surface area (Å²) in [5, 5.41) is 5.98. The van der Waals surface area contributed by atoms with Gasteiger partial charge in [-0.2, -0.15) is 0 Å². The molecule has 2 aromatic heterocycles. The second-order valence-corrected chi connectivity index (χ2v) is 18.0. The van der Waals surface area contributed by atoms with Gasteiger partial charge in [-0.3, -0.25) is 19.1 Å². The highest BCUT2D eigenvalue weighted by Crippen LogP contribution is 2.46. The normalized spacial score (nSPS) is 26.3. The molecule has 5 atom stereocenters. The van der Waals surface area contributed by atoms with Crippen LogP contribution in [-0.2, 0) is 29.1 Å². The van der Waals surface area contributed by atoms with Gasteiger partial charge >= 0.3 is 6.09 Å². The van der Waals surface area contributed by atoms with E-state index >= 15 is 0 Å². The number of carbonyl (C=O) groups excluding carboxylic acids is 4. The Hall–Kier alpha value is -5.25. The van der Waals surface area contributed by atoms with Crippen LogP contribution in [0, 0.1) is 17.7 Å². The topological polar surface area (TPSA) is 186 Å². The van der Waals surface area contributed by atoms with Crippen molar-refractivity contribution in [1.29, 1.82) is 0 Å². The zero-order chi connectivity index (χ0) is 40.1. The van der Waals surface area contributed by atoms with Gasteiger partial charge in [-0.15, -0.1) is 0 Å². The van der Waals surface area contributed by atoms with Crippen molar-refractivity contribution in [2.24, 2.45) is 11.8 Å². The molecule has 4 aromatic rings. The predicted molar refractivity (Wildman–Crippen MR) is 208 cm³/mol. The Labute approximate surface area is 328 Å². The van der Waals surface area contributed by atoms with Crippen molar-refractivity contribution in [1.82, 2.24) is 25.2 Å². The lowest BCUT2D eigenvalue weighted by Crippen LogP contribution is -2.58. The second kappa shape index (κ2) is 15.3. The lowest BCUT2D eigenvalue weighted by molar-refractivity contribution is -0.141. The zero-order valence-corrected chi connectivity index (χ0v) is 32.6. The molecule has 302 valence electrons. The number of benzene rings is 2. The van der Waals surface area contributed by atoms with Crippen LogP contribution >= 0.6 is 0 Å². The number of para-hydroxylation sites is 1. The van der Waals surface area contributed by atoms with Gasteiger partial charge in [0.05, 0.1) is 23.9 Å². The SMILES string of the molecule is CC(C)COC(=O)N[C@H]1CCCCC/C=C\[C@H]2C[C@@]2(C(=O)NS(=O)(=O)C2CC2)NC(=O)[C@@H]2C[C@@H](Oc3c4cc(F)ccc4nc4c3oc3ccccc34)CN2C1=O. The third kappa shape index (κ3) is 7.88. The maximum absolute atomic E-state index is 14.8. The Morgan fingerprint density at radius 1 is 1.09 bits per heavy atom. The first kappa shape index (κ1) is 38.6. The number of sulfonamides is 1. The van der Waals surface area contributed by atoms with Gasteiger partial charge in [0, 0.05) is 23.1 Å². The minimum Gasteiger partial charge on any atom is -0.484 e. The number of pyridine rings is 1. The van der Waals surface area contributed by atoms with Crippen LogP contribution in [0.4, 0.5) is 9.18 Å². The predicted octanol–water partition coefficient (Wildman–Crippen LogP) is 5.38. The van der Waals surface area contributed by atoms with Gasteiger partial charge in [-0.1, -0.05) is 51.0 Å². The quantitative estimate of drug-likeness (QED) is 0.196. The molecule has 0 radical (unpaired) electrons. The first-order chi connectivity index (χ1) is 27.3. The monoisotopic (exact) mass is 803 g/mol. The number of allylic oxidation sites excluding steroid dienone is 1. The smallest absolute Gasteiger partial charge is 0.407 e. The molecular formula is C41H46FN5O9S. The average molecular weight is 804 g/mol. The van der Waals surface area contributed by atoms with Crippen LogP contribution in [0.5, 0.6) is 5.75 Å². The van der Waals surface area contributed by atoms with Crippen LogP contribution < -0.4 is 20.1 Å². The van der Waals surface area contributed by atoms with Crippen molar-refractivity contribution in [2.75, 3.05) is 13.2 Å². The Balaban J connectivity index is 1.15. The molecule has 2 aliphatic heterocycles. The molecule has 3 N–H and O–H groups in total. The van der Waals surface area contributed by atoms with Gasteiger partial charge < -0.3 is 29.4 Å². The fraction of sp³-hybridized carbons (Fsp3) is 0.488. The van der Waals surface area contributed by atoms with Crippen LogP contribution in [-0.4, -0.2) is 84.2 Å². The molecule has 57 heavy (non-hydrogen) atoms. The maximum atomic E-state index is 14.8. The second-order valence-electron chi connectivity index (χ2n) is 16.1. The Morgan fingerprint density at radius 3 is 2.68 bits per heavy atom. The van der Waals surface area contributed by atoms with E-state index in [2.05, 4.69) is 15.4 Å². The number of amides is 4. The number of nitrogens with one attached hydrogen (secondary N) is 3. The van der Waals surface area contributed by atoms with Gasteiger partial charge in [-0.05, 0) is 74.8 Å². The molecule has 4 heterocycles. The zero-order valence-electron chi connectivity index (χ0n) is 31.8. The van der Waals surface area contributed by atoms with Crippen LogP contribution in [0.15, 0.2) is 59.0 Å². The number of ether oxygens (including phenoxy) is 2. The number of hydrogen-bond donors (Lipinski definition) is 3. The van der Waals surface area contributed by atoms with E-state index in [-0.39, 0.29) is 49.7 Å². The Bertz CT molecular complexity index is 2400. The lowest BCUT2D eigenvalue weighted by Gasteiger charge is -2.29. The fourth-order valence-electron chi connectivity index (χ4n) is 7.88. The number of carbonyl (C=O) groups is 4. The molecule has 2 aromatic carbocycles. The van der Waals surface area contributed by atoms with E-state index in [9.17, 15) is 32.0 Å². The summed E-state index contributed by atoms with van der Waals surface area (Å²) in [6, 6.07) is 9.17. The van der Waals surface area contributed by atoms with Crippen molar-refractivity contribution in [2.45, 2.75) is 101 Å². The largest absolute Gasteiger partial charge is 0.484 e. The first-order valence-electron chi connectivity index (χ1n) is 19.7. The van der Waals surface area contributed by atoms with Crippen molar-refractivity contribution in [3.8, 4) is 5.75 Å². The van der Waals surface area contributed by atoms with Gasteiger partial charge in [0.15, 0.2) is 11.3 Å². The molecule has 14 nitrogen and oxygen atoms in total. The first-order valence-corrected chi connectivity index (χ1v) is 21.2. The highest BCUT2D eigenvalue weighted by molar-refractivity contribution is 7.91. The summed E-state index contributed by atoms with van der Waals surface area (Å²) in [4.78, 5) is 62.0. The number of rotatable bonds is 8. The number of halogens is 1. The highest BCUT2D eigenvalue weighted by Gasteiger charge is 2.62. The van der Waals surface area contributed by atoms with Crippen molar-refractivity contribution in [3.05, 3.63) is 60.4 Å². The van der Waals surface area contributed by atoms with Crippen molar-refractivity contribution < 1.29 is 45.9 Å². The third-order valence-electron chi connectivity index (χ3n) is 11.2.